The quantitative estimate of drug-likeness (QED) is 0.229. The molecule has 0 radical (unpaired) electrons. The summed E-state index contributed by atoms with van der Waals surface area (Å²) >= 11 is 0. The predicted molar refractivity (Wildman–Crippen MR) is 106 cm³/mol. The molecule has 1 fully saturated rings. The van der Waals surface area contributed by atoms with E-state index in [1.807, 2.05) is 13.0 Å². The Labute approximate surface area is 172 Å². The Bertz CT molecular complexity index is 595. The summed E-state index contributed by atoms with van der Waals surface area (Å²) in [5, 5.41) is 49.7. The molecule has 2 rings (SSSR count). The van der Waals surface area contributed by atoms with E-state index in [0.717, 1.165) is 0 Å². The molecule has 0 spiro atoms. The van der Waals surface area contributed by atoms with Crippen molar-refractivity contribution < 1.29 is 40.0 Å². The van der Waals surface area contributed by atoms with Gasteiger partial charge in [0.1, 0.15) is 23.9 Å². The highest BCUT2D eigenvalue weighted by Crippen LogP contribution is 2.40. The van der Waals surface area contributed by atoms with Crippen molar-refractivity contribution in [2.75, 3.05) is 0 Å². The van der Waals surface area contributed by atoms with E-state index in [1.165, 1.54) is 0 Å². The summed E-state index contributed by atoms with van der Waals surface area (Å²) < 4.78 is 11.8. The van der Waals surface area contributed by atoms with Crippen molar-refractivity contribution in [2.45, 2.75) is 101 Å². The van der Waals surface area contributed by atoms with Gasteiger partial charge in [-0.3, -0.25) is 5.26 Å². The highest BCUT2D eigenvalue weighted by atomic mass is 17.1. The lowest BCUT2D eigenvalue weighted by atomic mass is 9.75. The normalized spacial score (nSPS) is 41.0. The van der Waals surface area contributed by atoms with Crippen molar-refractivity contribution >= 4 is 0 Å². The van der Waals surface area contributed by atoms with Gasteiger partial charge in [-0.2, -0.15) is 0 Å². The fraction of sp³-hybridized carbons (Fsp3) is 0.810. The summed E-state index contributed by atoms with van der Waals surface area (Å²) in [6.45, 7) is 10.8. The van der Waals surface area contributed by atoms with Gasteiger partial charge in [-0.05, 0) is 53.4 Å². The molecule has 1 heterocycles. The Balaban J connectivity index is 2.22. The minimum Gasteiger partial charge on any atom is -0.389 e. The van der Waals surface area contributed by atoms with Crippen molar-refractivity contribution in [2.24, 2.45) is 5.92 Å². The highest BCUT2D eigenvalue weighted by molar-refractivity contribution is 5.11. The van der Waals surface area contributed by atoms with Crippen molar-refractivity contribution in [3.05, 3.63) is 24.3 Å². The zero-order valence-electron chi connectivity index (χ0n) is 17.7. The lowest BCUT2D eigenvalue weighted by Gasteiger charge is -2.46. The summed E-state index contributed by atoms with van der Waals surface area (Å²) in [4.78, 5) is 4.57. The molecule has 0 amide bonds. The molecule has 0 aromatic carbocycles. The first-order valence-electron chi connectivity index (χ1n) is 10.2. The van der Waals surface area contributed by atoms with Crippen LogP contribution in [0.25, 0.3) is 0 Å². The van der Waals surface area contributed by atoms with E-state index < -0.39 is 48.0 Å². The molecule has 168 valence electrons. The molecule has 0 saturated carbocycles. The first kappa shape index (κ1) is 24.4. The Morgan fingerprint density at radius 3 is 2.48 bits per heavy atom. The Kier molecular flexibility index (Phi) is 8.03. The second kappa shape index (κ2) is 9.53. The van der Waals surface area contributed by atoms with Gasteiger partial charge in [0, 0.05) is 5.92 Å². The monoisotopic (exact) mass is 416 g/mol. The van der Waals surface area contributed by atoms with Gasteiger partial charge in [-0.25, -0.2) is 4.89 Å². The third kappa shape index (κ3) is 5.65. The molecule has 9 unspecified atom stereocenters. The minimum atomic E-state index is -1.41. The van der Waals surface area contributed by atoms with E-state index in [2.05, 4.69) is 11.5 Å². The first-order chi connectivity index (χ1) is 13.4. The van der Waals surface area contributed by atoms with Crippen LogP contribution in [0.3, 0.4) is 0 Å². The van der Waals surface area contributed by atoms with Gasteiger partial charge in [0.25, 0.3) is 0 Å². The van der Waals surface area contributed by atoms with Crippen LogP contribution in [0.4, 0.5) is 0 Å². The van der Waals surface area contributed by atoms with Crippen LogP contribution in [0.2, 0.25) is 0 Å². The second-order valence-electron chi connectivity index (χ2n) is 8.92. The van der Waals surface area contributed by atoms with Gasteiger partial charge < -0.3 is 29.9 Å². The molecule has 2 aliphatic rings. The molecule has 8 nitrogen and oxygen atoms in total. The zero-order chi connectivity index (χ0) is 22.0. The maximum Gasteiger partial charge on any atom is 0.187 e. The van der Waals surface area contributed by atoms with Gasteiger partial charge >= 0.3 is 0 Å². The summed E-state index contributed by atoms with van der Waals surface area (Å²) in [6.07, 6.45) is -0.850. The lowest BCUT2D eigenvalue weighted by molar-refractivity contribution is -0.327. The van der Waals surface area contributed by atoms with Crippen LogP contribution in [0.1, 0.15) is 53.4 Å². The van der Waals surface area contributed by atoms with Crippen molar-refractivity contribution in [1.82, 2.24) is 0 Å². The largest absolute Gasteiger partial charge is 0.389 e. The van der Waals surface area contributed by atoms with E-state index >= 15 is 0 Å². The number of hydrogen-bond donors (Lipinski definition) is 5. The molecule has 29 heavy (non-hydrogen) atoms. The molecule has 1 aliphatic heterocycles. The molecular formula is C21H36O8. The van der Waals surface area contributed by atoms with Gasteiger partial charge in [-0.1, -0.05) is 24.3 Å². The van der Waals surface area contributed by atoms with Crippen molar-refractivity contribution in [3.8, 4) is 0 Å². The third-order valence-electron chi connectivity index (χ3n) is 6.30. The van der Waals surface area contributed by atoms with Crippen molar-refractivity contribution in [1.29, 1.82) is 0 Å². The molecule has 1 aliphatic carbocycles. The molecule has 5 N–H and O–H groups in total. The van der Waals surface area contributed by atoms with Crippen LogP contribution in [-0.4, -0.2) is 73.7 Å². The zero-order valence-corrected chi connectivity index (χ0v) is 17.7. The Hall–Kier alpha value is -0.840. The second-order valence-corrected chi connectivity index (χ2v) is 8.92. The van der Waals surface area contributed by atoms with Crippen LogP contribution < -0.4 is 0 Å². The van der Waals surface area contributed by atoms with E-state index in [-0.39, 0.29) is 5.92 Å². The topological polar surface area (TPSA) is 129 Å². The number of hydrogen-bond acceptors (Lipinski definition) is 8. The fourth-order valence-electron chi connectivity index (χ4n) is 3.90. The third-order valence-corrected chi connectivity index (χ3v) is 6.30. The molecule has 0 bridgehead atoms. The van der Waals surface area contributed by atoms with E-state index in [0.29, 0.717) is 31.3 Å². The minimum absolute atomic E-state index is 0.113. The summed E-state index contributed by atoms with van der Waals surface area (Å²) in [5.41, 5.74) is -0.976. The number of aliphatic hydroxyl groups is 4. The number of rotatable bonds is 8. The average molecular weight is 417 g/mol. The number of aliphatic hydroxyl groups excluding tert-OH is 4. The Morgan fingerprint density at radius 1 is 1.31 bits per heavy atom. The lowest BCUT2D eigenvalue weighted by Crippen LogP contribution is -2.59. The summed E-state index contributed by atoms with van der Waals surface area (Å²) in [5.74, 6) is -0.113. The van der Waals surface area contributed by atoms with Crippen molar-refractivity contribution in [3.63, 3.8) is 0 Å². The van der Waals surface area contributed by atoms with Gasteiger partial charge in [0.2, 0.25) is 0 Å². The average Bonchev–Trinajstić information content (AvgIpc) is 2.69. The van der Waals surface area contributed by atoms with Gasteiger partial charge in [-0.15, -0.1) is 0 Å². The van der Waals surface area contributed by atoms with E-state index in [1.54, 1.807) is 26.8 Å². The SMILES string of the molecule is C=C(C)C(O)CCC(C)(OC1OC(C)C(O)C(O)C1O)C1C=CC(C)(OO)CC1. The highest BCUT2D eigenvalue weighted by Gasteiger charge is 2.47. The van der Waals surface area contributed by atoms with Crippen LogP contribution >= 0.6 is 0 Å². The van der Waals surface area contributed by atoms with Crippen LogP contribution in [0.5, 0.6) is 0 Å². The first-order valence-corrected chi connectivity index (χ1v) is 10.2. The van der Waals surface area contributed by atoms with Gasteiger partial charge in [0.05, 0.1) is 17.8 Å². The molecule has 0 aromatic heterocycles. The predicted octanol–water partition coefficient (Wildman–Crippen LogP) is 1.52. The molecule has 1 saturated heterocycles. The Morgan fingerprint density at radius 2 is 1.97 bits per heavy atom. The molecular weight excluding hydrogens is 380 g/mol. The van der Waals surface area contributed by atoms with Crippen LogP contribution in [-0.2, 0) is 14.4 Å². The maximum atomic E-state index is 10.4. The van der Waals surface area contributed by atoms with Crippen LogP contribution in [0.15, 0.2) is 24.3 Å². The summed E-state index contributed by atoms with van der Waals surface area (Å²) in [6, 6.07) is 0. The van der Waals surface area contributed by atoms with Gasteiger partial charge in [0.15, 0.2) is 6.29 Å². The van der Waals surface area contributed by atoms with E-state index in [9.17, 15) is 20.4 Å². The molecule has 9 atom stereocenters. The summed E-state index contributed by atoms with van der Waals surface area (Å²) in [7, 11) is 0. The number of ether oxygens (including phenoxy) is 2. The fourth-order valence-corrected chi connectivity index (χ4v) is 3.90. The molecule has 0 aromatic rings. The van der Waals surface area contributed by atoms with Crippen LogP contribution in [0, 0.1) is 5.92 Å². The molecule has 8 heteroatoms. The maximum absolute atomic E-state index is 10.4. The standard InChI is InChI=1S/C21H36O8/c1-12(2)15(22)8-11-21(5,14-6-9-20(4,29-26)10-7-14)28-19-18(25)17(24)16(23)13(3)27-19/h6,9,13-19,22-26H,1,7-8,10-11H2,2-5H3. The smallest absolute Gasteiger partial charge is 0.187 e. The van der Waals surface area contributed by atoms with E-state index in [4.69, 9.17) is 14.7 Å².